The van der Waals surface area contributed by atoms with Gasteiger partial charge in [0.05, 0.1) is 29.6 Å². The van der Waals surface area contributed by atoms with Gasteiger partial charge in [0.25, 0.3) is 0 Å². The number of benzene rings is 1. The number of pyridine rings is 1. The third kappa shape index (κ3) is 5.70. The molecule has 0 radical (unpaired) electrons. The smallest absolute Gasteiger partial charge is 0.418 e. The van der Waals surface area contributed by atoms with Crippen molar-refractivity contribution in [2.24, 2.45) is 5.92 Å². The second-order valence-corrected chi connectivity index (χ2v) is 7.93. The van der Waals surface area contributed by atoms with Crippen molar-refractivity contribution in [3.05, 3.63) is 65.7 Å². The van der Waals surface area contributed by atoms with E-state index in [0.29, 0.717) is 18.6 Å². The van der Waals surface area contributed by atoms with E-state index in [4.69, 9.17) is 10.1 Å². The molecule has 1 aliphatic rings. The Morgan fingerprint density at radius 2 is 1.83 bits per heavy atom. The van der Waals surface area contributed by atoms with Crippen LogP contribution in [-0.2, 0) is 6.18 Å². The van der Waals surface area contributed by atoms with Crippen LogP contribution in [0.1, 0.15) is 24.1 Å². The summed E-state index contributed by atoms with van der Waals surface area (Å²) in [4.78, 5) is 11.8. The molecule has 2 aromatic heterocycles. The number of alkyl halides is 3. The molecule has 7 nitrogen and oxygen atoms in total. The predicted molar refractivity (Wildman–Crippen MR) is 118 cm³/mol. The van der Waals surface area contributed by atoms with Crippen molar-refractivity contribution >= 4 is 11.5 Å². The summed E-state index contributed by atoms with van der Waals surface area (Å²) in [5.41, 5.74) is -3.28. The molecule has 184 valence electrons. The van der Waals surface area contributed by atoms with Gasteiger partial charge in [-0.15, -0.1) is 0 Å². The number of nitrogens with zero attached hydrogens (tertiary/aromatic N) is 3. The predicted octanol–water partition coefficient (Wildman–Crippen LogP) is 4.65. The van der Waals surface area contributed by atoms with Gasteiger partial charge < -0.3 is 15.4 Å². The third-order valence-corrected chi connectivity index (χ3v) is 5.51. The van der Waals surface area contributed by atoms with Gasteiger partial charge in [-0.2, -0.15) is 18.2 Å². The largest absolute Gasteiger partial charge is 0.476 e. The Morgan fingerprint density at radius 3 is 2.51 bits per heavy atom. The maximum atomic E-state index is 14.3. The normalized spacial score (nSPS) is 14.5. The van der Waals surface area contributed by atoms with E-state index in [1.807, 2.05) is 0 Å². The van der Waals surface area contributed by atoms with Crippen molar-refractivity contribution in [3.63, 3.8) is 0 Å². The number of piperidine rings is 1. The zero-order valence-corrected chi connectivity index (χ0v) is 18.3. The minimum absolute atomic E-state index is 0.163. The molecule has 12 heteroatoms. The fraction of sp³-hybridized carbons (Fsp3) is 0.304. The van der Waals surface area contributed by atoms with Crippen molar-refractivity contribution < 1.29 is 26.7 Å². The van der Waals surface area contributed by atoms with E-state index in [2.05, 4.69) is 25.6 Å². The second kappa shape index (κ2) is 10.3. The van der Waals surface area contributed by atoms with Gasteiger partial charge in [-0.1, -0.05) is 6.07 Å². The molecule has 0 saturated carbocycles. The lowest BCUT2D eigenvalue weighted by Crippen LogP contribution is -2.30. The number of aromatic nitrogens is 3. The maximum Gasteiger partial charge on any atom is 0.418 e. The summed E-state index contributed by atoms with van der Waals surface area (Å²) in [7, 11) is 0. The van der Waals surface area contributed by atoms with Crippen LogP contribution in [0.3, 0.4) is 0 Å². The first-order valence-electron chi connectivity index (χ1n) is 10.8. The van der Waals surface area contributed by atoms with Crippen LogP contribution in [0.2, 0.25) is 0 Å². The molecule has 3 aromatic rings. The highest BCUT2D eigenvalue weighted by atomic mass is 19.4. The SMILES string of the molecule is N=C(Nc1cncnc1OCC1CCNCC1)c1ccc(C(F)(F)F)c(-c2c(F)cccc2F)n1. The topological polar surface area (TPSA) is 95.8 Å². The lowest BCUT2D eigenvalue weighted by Gasteiger charge is -2.22. The van der Waals surface area contributed by atoms with E-state index in [1.54, 1.807) is 0 Å². The molecule has 0 spiro atoms. The molecule has 35 heavy (non-hydrogen) atoms. The quantitative estimate of drug-likeness (QED) is 0.263. The van der Waals surface area contributed by atoms with Gasteiger partial charge in [0.1, 0.15) is 35.2 Å². The number of hydrogen-bond donors (Lipinski definition) is 3. The van der Waals surface area contributed by atoms with Crippen LogP contribution >= 0.6 is 0 Å². The van der Waals surface area contributed by atoms with Crippen molar-refractivity contribution in [1.29, 1.82) is 5.41 Å². The number of amidine groups is 1. The van der Waals surface area contributed by atoms with Gasteiger partial charge >= 0.3 is 6.18 Å². The monoisotopic (exact) mass is 492 g/mol. The summed E-state index contributed by atoms with van der Waals surface area (Å²) in [6, 6.07) is 4.29. The summed E-state index contributed by atoms with van der Waals surface area (Å²) in [6.07, 6.45) is -0.431. The van der Waals surface area contributed by atoms with Crippen molar-refractivity contribution in [2.75, 3.05) is 25.0 Å². The molecule has 1 fully saturated rings. The summed E-state index contributed by atoms with van der Waals surface area (Å²) in [5, 5.41) is 14.3. The number of anilines is 1. The number of rotatable bonds is 6. The van der Waals surface area contributed by atoms with Crippen molar-refractivity contribution in [1.82, 2.24) is 20.3 Å². The van der Waals surface area contributed by atoms with Crippen LogP contribution in [0, 0.1) is 23.0 Å². The van der Waals surface area contributed by atoms with E-state index in [0.717, 1.165) is 50.2 Å². The minimum atomic E-state index is -4.92. The molecule has 1 saturated heterocycles. The Labute approximate surface area is 197 Å². The molecule has 0 unspecified atom stereocenters. The lowest BCUT2D eigenvalue weighted by atomic mass is 9.99. The first-order chi connectivity index (χ1) is 16.7. The minimum Gasteiger partial charge on any atom is -0.476 e. The lowest BCUT2D eigenvalue weighted by molar-refractivity contribution is -0.137. The second-order valence-electron chi connectivity index (χ2n) is 7.93. The Morgan fingerprint density at radius 1 is 1.11 bits per heavy atom. The molecule has 4 rings (SSSR count). The van der Waals surface area contributed by atoms with Gasteiger partial charge in [-0.3, -0.25) is 5.41 Å². The molecule has 0 bridgehead atoms. The summed E-state index contributed by atoms with van der Waals surface area (Å²) in [5.74, 6) is -2.35. The Kier molecular flexibility index (Phi) is 7.20. The summed E-state index contributed by atoms with van der Waals surface area (Å²) in [6.45, 7) is 2.17. The van der Waals surface area contributed by atoms with Crippen molar-refractivity contribution in [3.8, 4) is 17.1 Å². The zero-order valence-electron chi connectivity index (χ0n) is 18.3. The molecule has 1 aliphatic heterocycles. The van der Waals surface area contributed by atoms with Gasteiger partial charge in [0, 0.05) is 0 Å². The van der Waals surface area contributed by atoms with Gasteiger partial charge in [0.2, 0.25) is 5.88 Å². The molecule has 0 atom stereocenters. The zero-order chi connectivity index (χ0) is 25.0. The standard InChI is InChI=1S/C23H21F5N6O/c24-15-2-1-3-16(25)19(15)20-14(23(26,27)28)4-5-17(33-20)21(29)34-18-10-31-12-32-22(18)35-11-13-6-8-30-9-7-13/h1-5,10,12-13,30H,6-9,11H2,(H2,29,34). The maximum absolute atomic E-state index is 14.3. The van der Waals surface area contributed by atoms with Crippen LogP contribution in [0.5, 0.6) is 5.88 Å². The first kappa shape index (κ1) is 24.5. The van der Waals surface area contributed by atoms with E-state index < -0.39 is 40.5 Å². The first-order valence-corrected chi connectivity index (χ1v) is 10.8. The molecule has 1 aromatic carbocycles. The van der Waals surface area contributed by atoms with Gasteiger partial charge in [-0.25, -0.2) is 18.7 Å². The van der Waals surface area contributed by atoms with Crippen LogP contribution in [0.15, 0.2) is 42.9 Å². The number of hydrogen-bond acceptors (Lipinski definition) is 6. The van der Waals surface area contributed by atoms with Crippen LogP contribution in [0.4, 0.5) is 27.6 Å². The van der Waals surface area contributed by atoms with Crippen molar-refractivity contribution in [2.45, 2.75) is 19.0 Å². The highest BCUT2D eigenvalue weighted by Gasteiger charge is 2.36. The van der Waals surface area contributed by atoms with Crippen LogP contribution in [-0.4, -0.2) is 40.5 Å². The number of ether oxygens (including phenoxy) is 1. The summed E-state index contributed by atoms with van der Waals surface area (Å²) >= 11 is 0. The third-order valence-electron chi connectivity index (χ3n) is 5.51. The average molecular weight is 492 g/mol. The highest BCUT2D eigenvalue weighted by Crippen LogP contribution is 2.38. The highest BCUT2D eigenvalue weighted by molar-refractivity contribution is 6.05. The molecular weight excluding hydrogens is 471 g/mol. The van der Waals surface area contributed by atoms with Crippen LogP contribution < -0.4 is 15.4 Å². The molecular formula is C23H21F5N6O. The average Bonchev–Trinajstić information content (AvgIpc) is 2.83. The fourth-order valence-electron chi connectivity index (χ4n) is 3.70. The van der Waals surface area contributed by atoms with E-state index in [-0.39, 0.29) is 17.3 Å². The van der Waals surface area contributed by atoms with E-state index in [1.165, 1.54) is 12.5 Å². The molecule has 0 amide bonds. The van der Waals surface area contributed by atoms with Crippen LogP contribution in [0.25, 0.3) is 11.3 Å². The Balaban J connectivity index is 1.61. The molecule has 3 N–H and O–H groups in total. The number of nitrogens with one attached hydrogen (secondary N) is 3. The molecule has 0 aliphatic carbocycles. The Bertz CT molecular complexity index is 1190. The van der Waals surface area contributed by atoms with E-state index >= 15 is 0 Å². The number of halogens is 5. The van der Waals surface area contributed by atoms with Gasteiger partial charge in [-0.05, 0) is 56.1 Å². The Hall–Kier alpha value is -3.67. The fourth-order valence-corrected chi connectivity index (χ4v) is 3.70. The van der Waals surface area contributed by atoms with E-state index in [9.17, 15) is 22.0 Å². The molecule has 3 heterocycles. The summed E-state index contributed by atoms with van der Waals surface area (Å²) < 4.78 is 75.2. The van der Waals surface area contributed by atoms with Gasteiger partial charge in [0.15, 0.2) is 0 Å².